The van der Waals surface area contributed by atoms with Crippen molar-refractivity contribution in [2.75, 3.05) is 0 Å². The van der Waals surface area contributed by atoms with E-state index >= 15 is 0 Å². The average Bonchev–Trinajstić information content (AvgIpc) is 3.46. The van der Waals surface area contributed by atoms with E-state index in [1.54, 1.807) is 0 Å². The minimum atomic E-state index is -0.606. The highest BCUT2D eigenvalue weighted by Crippen LogP contribution is 2.38. The van der Waals surface area contributed by atoms with E-state index in [0.29, 0.717) is 11.4 Å². The Hall–Kier alpha value is -3.90. The number of aromatic nitrogens is 2. The molecule has 2 heterocycles. The van der Waals surface area contributed by atoms with Gasteiger partial charge in [0.05, 0.1) is 23.1 Å². The summed E-state index contributed by atoms with van der Waals surface area (Å²) in [7, 11) is 0. The van der Waals surface area contributed by atoms with Crippen LogP contribution >= 0.6 is 11.6 Å². The number of hydrogen-bond donors (Lipinski definition) is 1. The van der Waals surface area contributed by atoms with Crippen LogP contribution in [0.2, 0.25) is 5.02 Å². The molecule has 0 saturated carbocycles. The SMILES string of the molecule is NC(=O)N1N=C(c2ccc(Cl)cc2)CC1c1cn(-c2ccccc2)nc1-c1ccccc1. The second kappa shape index (κ2) is 8.32. The molecule has 1 aromatic heterocycles. The van der Waals surface area contributed by atoms with E-state index in [1.165, 1.54) is 5.01 Å². The predicted molar refractivity (Wildman–Crippen MR) is 126 cm³/mol. The minimum Gasteiger partial charge on any atom is -0.350 e. The third-order valence-electron chi connectivity index (χ3n) is 5.48. The van der Waals surface area contributed by atoms with Crippen LogP contribution in [0.25, 0.3) is 16.9 Å². The fraction of sp³-hybridized carbons (Fsp3) is 0.0800. The summed E-state index contributed by atoms with van der Waals surface area (Å²) in [5.74, 6) is 0. The van der Waals surface area contributed by atoms with Gasteiger partial charge in [0, 0.05) is 28.8 Å². The number of rotatable bonds is 4. The van der Waals surface area contributed by atoms with Crippen LogP contribution in [0.15, 0.2) is 96.2 Å². The summed E-state index contributed by atoms with van der Waals surface area (Å²) in [5.41, 5.74) is 11.0. The summed E-state index contributed by atoms with van der Waals surface area (Å²) < 4.78 is 1.83. The van der Waals surface area contributed by atoms with Crippen LogP contribution in [0.3, 0.4) is 0 Å². The van der Waals surface area contributed by atoms with E-state index in [2.05, 4.69) is 5.10 Å². The van der Waals surface area contributed by atoms with Crippen LogP contribution in [-0.2, 0) is 0 Å². The molecular weight excluding hydrogens is 422 g/mol. The molecule has 6 nitrogen and oxygen atoms in total. The number of halogens is 1. The Morgan fingerprint density at radius 1 is 0.906 bits per heavy atom. The maximum atomic E-state index is 12.3. The van der Waals surface area contributed by atoms with Gasteiger partial charge in [-0.3, -0.25) is 0 Å². The molecule has 0 radical (unpaired) electrons. The highest BCUT2D eigenvalue weighted by Gasteiger charge is 2.35. The molecule has 1 atom stereocenters. The monoisotopic (exact) mass is 441 g/mol. The largest absolute Gasteiger partial charge is 0.350 e. The van der Waals surface area contributed by atoms with Crippen LogP contribution in [0.1, 0.15) is 23.6 Å². The molecule has 0 aliphatic carbocycles. The van der Waals surface area contributed by atoms with Crippen LogP contribution in [0.5, 0.6) is 0 Å². The smallest absolute Gasteiger partial charge is 0.335 e. The molecule has 1 aliphatic heterocycles. The van der Waals surface area contributed by atoms with E-state index in [-0.39, 0.29) is 6.04 Å². The topological polar surface area (TPSA) is 76.5 Å². The Labute approximate surface area is 190 Å². The molecule has 32 heavy (non-hydrogen) atoms. The van der Waals surface area contributed by atoms with Crippen LogP contribution in [0, 0.1) is 0 Å². The summed E-state index contributed by atoms with van der Waals surface area (Å²) in [4.78, 5) is 12.3. The van der Waals surface area contributed by atoms with Crippen LogP contribution in [-0.4, -0.2) is 26.5 Å². The molecule has 4 aromatic rings. The van der Waals surface area contributed by atoms with Gasteiger partial charge in [0.2, 0.25) is 0 Å². The number of para-hydroxylation sites is 1. The molecule has 0 spiro atoms. The Morgan fingerprint density at radius 3 is 2.22 bits per heavy atom. The van der Waals surface area contributed by atoms with Crippen molar-refractivity contribution >= 4 is 23.3 Å². The molecule has 2 amide bonds. The van der Waals surface area contributed by atoms with Crippen molar-refractivity contribution in [3.05, 3.63) is 107 Å². The van der Waals surface area contributed by atoms with E-state index in [1.807, 2.05) is 95.8 Å². The number of urea groups is 1. The lowest BCUT2D eigenvalue weighted by Gasteiger charge is -2.19. The lowest BCUT2D eigenvalue weighted by molar-refractivity contribution is 0.196. The first-order chi connectivity index (χ1) is 15.6. The van der Waals surface area contributed by atoms with Crippen molar-refractivity contribution in [3.63, 3.8) is 0 Å². The van der Waals surface area contributed by atoms with Gasteiger partial charge < -0.3 is 5.73 Å². The molecule has 158 valence electrons. The first-order valence-electron chi connectivity index (χ1n) is 10.2. The average molecular weight is 442 g/mol. The maximum Gasteiger partial charge on any atom is 0.335 e. The zero-order valence-corrected chi connectivity index (χ0v) is 17.9. The number of benzene rings is 3. The van der Waals surface area contributed by atoms with Gasteiger partial charge in [-0.15, -0.1) is 0 Å². The van der Waals surface area contributed by atoms with Crippen molar-refractivity contribution in [1.82, 2.24) is 14.8 Å². The number of hydrogen-bond acceptors (Lipinski definition) is 3. The summed E-state index contributed by atoms with van der Waals surface area (Å²) >= 11 is 6.04. The quantitative estimate of drug-likeness (QED) is 0.459. The number of nitrogens with zero attached hydrogens (tertiary/aromatic N) is 4. The second-order valence-corrected chi connectivity index (χ2v) is 7.97. The summed E-state index contributed by atoms with van der Waals surface area (Å²) in [6, 6.07) is 26.2. The van der Waals surface area contributed by atoms with Crippen LogP contribution in [0.4, 0.5) is 4.79 Å². The van der Waals surface area contributed by atoms with Gasteiger partial charge in [0.25, 0.3) is 0 Å². The number of hydrazone groups is 1. The zero-order valence-electron chi connectivity index (χ0n) is 17.1. The third kappa shape index (κ3) is 3.76. The molecule has 3 aromatic carbocycles. The molecule has 7 heteroatoms. The molecule has 0 bridgehead atoms. The van der Waals surface area contributed by atoms with Crippen molar-refractivity contribution < 1.29 is 4.79 Å². The minimum absolute atomic E-state index is 0.370. The Kier molecular flexibility index (Phi) is 5.21. The molecular formula is C25H20ClN5O. The van der Waals surface area contributed by atoms with Crippen molar-refractivity contribution in [3.8, 4) is 16.9 Å². The third-order valence-corrected chi connectivity index (χ3v) is 5.74. The van der Waals surface area contributed by atoms with Gasteiger partial charge >= 0.3 is 6.03 Å². The number of amides is 2. The number of nitrogens with two attached hydrogens (primary N) is 1. The normalized spacial score (nSPS) is 15.6. The fourth-order valence-electron chi connectivity index (χ4n) is 3.94. The van der Waals surface area contributed by atoms with Gasteiger partial charge in [-0.1, -0.05) is 72.3 Å². The van der Waals surface area contributed by atoms with Crippen LogP contribution < -0.4 is 5.73 Å². The molecule has 1 unspecified atom stereocenters. The Bertz CT molecular complexity index is 1280. The van der Waals surface area contributed by atoms with Gasteiger partial charge in [-0.2, -0.15) is 10.2 Å². The predicted octanol–water partition coefficient (Wildman–Crippen LogP) is 5.42. The summed E-state index contributed by atoms with van der Waals surface area (Å²) in [6.07, 6.45) is 2.48. The first-order valence-corrected chi connectivity index (χ1v) is 10.6. The lowest BCUT2D eigenvalue weighted by atomic mass is 9.96. The Balaban J connectivity index is 1.60. The molecule has 5 rings (SSSR count). The van der Waals surface area contributed by atoms with Crippen molar-refractivity contribution in [2.24, 2.45) is 10.8 Å². The second-order valence-electron chi connectivity index (χ2n) is 7.54. The van der Waals surface area contributed by atoms with Crippen molar-refractivity contribution in [2.45, 2.75) is 12.5 Å². The highest BCUT2D eigenvalue weighted by molar-refractivity contribution is 6.30. The Morgan fingerprint density at radius 2 is 1.56 bits per heavy atom. The number of carbonyl (C=O) groups excluding carboxylic acids is 1. The molecule has 1 aliphatic rings. The molecule has 0 saturated heterocycles. The van der Waals surface area contributed by atoms with Gasteiger partial charge in [0.1, 0.15) is 0 Å². The van der Waals surface area contributed by atoms with Gasteiger partial charge in [-0.05, 0) is 29.8 Å². The van der Waals surface area contributed by atoms with E-state index in [4.69, 9.17) is 22.4 Å². The lowest BCUT2D eigenvalue weighted by Crippen LogP contribution is -2.32. The summed E-state index contributed by atoms with van der Waals surface area (Å²) in [5, 5.41) is 11.4. The first kappa shape index (κ1) is 20.0. The van der Waals surface area contributed by atoms with Gasteiger partial charge in [-0.25, -0.2) is 14.5 Å². The zero-order chi connectivity index (χ0) is 22.1. The standard InChI is InChI=1S/C25H20ClN5O/c26-19-13-11-17(12-14-19)22-15-23(31(28-22)25(27)32)21-16-30(20-9-5-2-6-10-20)29-24(21)18-7-3-1-4-8-18/h1-14,16,23H,15H2,(H2,27,32). The molecule has 2 N–H and O–H groups in total. The van der Waals surface area contributed by atoms with E-state index < -0.39 is 6.03 Å². The molecule has 0 fully saturated rings. The number of carbonyl (C=O) groups is 1. The maximum absolute atomic E-state index is 12.3. The number of primary amides is 1. The van der Waals surface area contributed by atoms with E-state index in [0.717, 1.165) is 33.8 Å². The summed E-state index contributed by atoms with van der Waals surface area (Å²) in [6.45, 7) is 0. The van der Waals surface area contributed by atoms with Crippen molar-refractivity contribution in [1.29, 1.82) is 0 Å². The van der Waals surface area contributed by atoms with E-state index in [9.17, 15) is 4.79 Å². The fourth-order valence-corrected chi connectivity index (χ4v) is 4.06. The van der Waals surface area contributed by atoms with Gasteiger partial charge in [0.15, 0.2) is 0 Å². The highest BCUT2D eigenvalue weighted by atomic mass is 35.5.